The van der Waals surface area contributed by atoms with E-state index in [0.29, 0.717) is 19.5 Å². The largest absolute Gasteiger partial charge is 0.342 e. The zero-order valence-electron chi connectivity index (χ0n) is 9.51. The van der Waals surface area contributed by atoms with Gasteiger partial charge in [-0.05, 0) is 30.8 Å². The Kier molecular flexibility index (Phi) is 5.67. The van der Waals surface area contributed by atoms with Gasteiger partial charge in [-0.15, -0.1) is 0 Å². The number of hydrogen-bond donors (Lipinski definition) is 1. The molecule has 1 heterocycles. The SMILES string of the molecule is [N-]=[N+]=NCC1CC(=O)N(CCCCCN)C1. The van der Waals surface area contributed by atoms with E-state index in [-0.39, 0.29) is 11.8 Å². The zero-order valence-corrected chi connectivity index (χ0v) is 9.51. The van der Waals surface area contributed by atoms with Gasteiger partial charge in [-0.2, -0.15) is 0 Å². The Labute approximate surface area is 95.4 Å². The van der Waals surface area contributed by atoms with E-state index >= 15 is 0 Å². The minimum absolute atomic E-state index is 0.186. The molecular weight excluding hydrogens is 206 g/mol. The van der Waals surface area contributed by atoms with Crippen molar-refractivity contribution in [3.8, 4) is 0 Å². The number of likely N-dealkylation sites (tertiary alicyclic amines) is 1. The van der Waals surface area contributed by atoms with Crippen LogP contribution in [0.5, 0.6) is 0 Å². The van der Waals surface area contributed by atoms with Crippen molar-refractivity contribution in [3.05, 3.63) is 10.4 Å². The molecular formula is C10H19N5O. The van der Waals surface area contributed by atoms with Crippen LogP contribution in [0.15, 0.2) is 5.11 Å². The molecule has 0 aliphatic carbocycles. The van der Waals surface area contributed by atoms with E-state index in [1.807, 2.05) is 4.90 Å². The lowest BCUT2D eigenvalue weighted by Gasteiger charge is -2.15. The maximum Gasteiger partial charge on any atom is 0.222 e. The summed E-state index contributed by atoms with van der Waals surface area (Å²) >= 11 is 0. The number of azide groups is 1. The van der Waals surface area contributed by atoms with Gasteiger partial charge in [-0.1, -0.05) is 11.5 Å². The van der Waals surface area contributed by atoms with Gasteiger partial charge in [-0.3, -0.25) is 4.79 Å². The highest BCUT2D eigenvalue weighted by Gasteiger charge is 2.28. The van der Waals surface area contributed by atoms with Gasteiger partial charge in [0, 0.05) is 31.0 Å². The summed E-state index contributed by atoms with van der Waals surface area (Å²) in [5.74, 6) is 0.392. The molecule has 0 aromatic carbocycles. The summed E-state index contributed by atoms with van der Waals surface area (Å²) in [6.45, 7) is 2.70. The molecule has 1 saturated heterocycles. The van der Waals surface area contributed by atoms with Crippen molar-refractivity contribution >= 4 is 5.91 Å². The molecule has 0 aromatic heterocycles. The van der Waals surface area contributed by atoms with Crippen molar-refractivity contribution in [1.29, 1.82) is 0 Å². The molecule has 0 aromatic rings. The van der Waals surface area contributed by atoms with Gasteiger partial charge in [0.2, 0.25) is 5.91 Å². The smallest absolute Gasteiger partial charge is 0.222 e. The first-order valence-electron chi connectivity index (χ1n) is 5.76. The first-order valence-corrected chi connectivity index (χ1v) is 5.76. The van der Waals surface area contributed by atoms with Gasteiger partial charge in [0.1, 0.15) is 0 Å². The van der Waals surface area contributed by atoms with Crippen LogP contribution < -0.4 is 5.73 Å². The fraction of sp³-hybridized carbons (Fsp3) is 0.900. The highest BCUT2D eigenvalue weighted by Crippen LogP contribution is 2.18. The van der Waals surface area contributed by atoms with Gasteiger partial charge >= 0.3 is 0 Å². The van der Waals surface area contributed by atoms with Gasteiger partial charge in [0.25, 0.3) is 0 Å². The molecule has 1 rings (SSSR count). The summed E-state index contributed by atoms with van der Waals surface area (Å²) in [6.07, 6.45) is 3.62. The first-order chi connectivity index (χ1) is 7.77. The van der Waals surface area contributed by atoms with E-state index in [2.05, 4.69) is 10.0 Å². The fourth-order valence-corrected chi connectivity index (χ4v) is 1.97. The Morgan fingerprint density at radius 1 is 1.50 bits per heavy atom. The number of nitrogens with two attached hydrogens (primary N) is 1. The summed E-state index contributed by atoms with van der Waals surface area (Å²) in [5.41, 5.74) is 13.6. The highest BCUT2D eigenvalue weighted by atomic mass is 16.2. The molecule has 16 heavy (non-hydrogen) atoms. The topological polar surface area (TPSA) is 95.1 Å². The highest BCUT2D eigenvalue weighted by molar-refractivity contribution is 5.78. The third-order valence-electron chi connectivity index (χ3n) is 2.83. The van der Waals surface area contributed by atoms with Crippen LogP contribution in [0.4, 0.5) is 0 Å². The Balaban J connectivity index is 2.22. The number of nitrogens with zero attached hydrogens (tertiary/aromatic N) is 4. The monoisotopic (exact) mass is 225 g/mol. The molecule has 1 aliphatic heterocycles. The molecule has 0 radical (unpaired) electrons. The molecule has 0 bridgehead atoms. The molecule has 0 spiro atoms. The van der Waals surface area contributed by atoms with Crippen molar-refractivity contribution in [2.45, 2.75) is 25.7 Å². The molecule has 6 heteroatoms. The molecule has 1 fully saturated rings. The van der Waals surface area contributed by atoms with Crippen LogP contribution in [0.3, 0.4) is 0 Å². The van der Waals surface area contributed by atoms with E-state index in [4.69, 9.17) is 11.3 Å². The van der Waals surface area contributed by atoms with E-state index < -0.39 is 0 Å². The van der Waals surface area contributed by atoms with Gasteiger partial charge < -0.3 is 10.6 Å². The van der Waals surface area contributed by atoms with Gasteiger partial charge in [0.15, 0.2) is 0 Å². The van der Waals surface area contributed by atoms with E-state index in [1.165, 1.54) is 0 Å². The molecule has 1 atom stereocenters. The van der Waals surface area contributed by atoms with Crippen molar-refractivity contribution < 1.29 is 4.79 Å². The lowest BCUT2D eigenvalue weighted by Crippen LogP contribution is -2.26. The number of carbonyl (C=O) groups excluding carboxylic acids is 1. The van der Waals surface area contributed by atoms with Crippen LogP contribution in [0.1, 0.15) is 25.7 Å². The zero-order chi connectivity index (χ0) is 11.8. The molecule has 90 valence electrons. The Morgan fingerprint density at radius 2 is 2.31 bits per heavy atom. The van der Waals surface area contributed by atoms with Crippen LogP contribution in [0, 0.1) is 5.92 Å². The van der Waals surface area contributed by atoms with Crippen molar-refractivity contribution in [2.24, 2.45) is 16.8 Å². The average Bonchev–Trinajstić information content (AvgIpc) is 2.63. The number of carbonyl (C=O) groups is 1. The lowest BCUT2D eigenvalue weighted by molar-refractivity contribution is -0.127. The second kappa shape index (κ2) is 7.09. The van der Waals surface area contributed by atoms with E-state index in [1.54, 1.807) is 0 Å². The van der Waals surface area contributed by atoms with Crippen LogP contribution in [-0.2, 0) is 4.79 Å². The number of amides is 1. The van der Waals surface area contributed by atoms with Crippen LogP contribution in [0.25, 0.3) is 10.4 Å². The summed E-state index contributed by atoms with van der Waals surface area (Å²) in [4.78, 5) is 16.2. The predicted octanol–water partition coefficient (Wildman–Crippen LogP) is 1.27. The lowest BCUT2D eigenvalue weighted by atomic mass is 10.1. The fourth-order valence-electron chi connectivity index (χ4n) is 1.97. The quantitative estimate of drug-likeness (QED) is 0.305. The number of rotatable bonds is 7. The van der Waals surface area contributed by atoms with Crippen molar-refractivity contribution in [3.63, 3.8) is 0 Å². The van der Waals surface area contributed by atoms with Crippen molar-refractivity contribution in [1.82, 2.24) is 4.90 Å². The Hall–Kier alpha value is -1.26. The summed E-state index contributed by atoms with van der Waals surface area (Å²) < 4.78 is 0. The normalized spacial score (nSPS) is 19.9. The minimum atomic E-state index is 0.186. The standard InChI is InChI=1S/C10H19N5O/c11-4-2-1-3-5-15-8-9(6-10(15)16)7-13-14-12/h9H,1-8,11H2. The van der Waals surface area contributed by atoms with Gasteiger partial charge in [-0.25, -0.2) is 0 Å². The minimum Gasteiger partial charge on any atom is -0.342 e. The number of hydrogen-bond acceptors (Lipinski definition) is 3. The third-order valence-corrected chi connectivity index (χ3v) is 2.83. The van der Waals surface area contributed by atoms with Gasteiger partial charge in [0.05, 0.1) is 0 Å². The number of unbranched alkanes of at least 4 members (excludes halogenated alkanes) is 2. The van der Waals surface area contributed by atoms with Crippen LogP contribution >= 0.6 is 0 Å². The van der Waals surface area contributed by atoms with Crippen LogP contribution in [0.2, 0.25) is 0 Å². The maximum atomic E-state index is 11.6. The first kappa shape index (κ1) is 12.8. The summed E-state index contributed by atoms with van der Waals surface area (Å²) in [5, 5.41) is 3.52. The molecule has 2 N–H and O–H groups in total. The molecule has 1 aliphatic rings. The average molecular weight is 225 g/mol. The Morgan fingerprint density at radius 3 is 3.00 bits per heavy atom. The molecule has 1 amide bonds. The second-order valence-corrected chi connectivity index (χ2v) is 4.17. The molecule has 1 unspecified atom stereocenters. The molecule has 6 nitrogen and oxygen atoms in total. The third kappa shape index (κ3) is 4.08. The summed E-state index contributed by atoms with van der Waals surface area (Å²) in [7, 11) is 0. The van der Waals surface area contributed by atoms with E-state index in [0.717, 1.165) is 32.4 Å². The molecule has 0 saturated carbocycles. The van der Waals surface area contributed by atoms with Crippen LogP contribution in [-0.4, -0.2) is 37.0 Å². The van der Waals surface area contributed by atoms with Crippen molar-refractivity contribution in [2.75, 3.05) is 26.2 Å². The maximum absolute atomic E-state index is 11.6. The second-order valence-electron chi connectivity index (χ2n) is 4.17. The Bertz CT molecular complexity index is 274. The van der Waals surface area contributed by atoms with E-state index in [9.17, 15) is 4.79 Å². The predicted molar refractivity (Wildman–Crippen MR) is 61.6 cm³/mol. The summed E-state index contributed by atoms with van der Waals surface area (Å²) in [6, 6.07) is 0.